The summed E-state index contributed by atoms with van der Waals surface area (Å²) in [7, 11) is 0. The Morgan fingerprint density at radius 1 is 1.45 bits per heavy atom. The molecule has 1 rings (SSSR count). The summed E-state index contributed by atoms with van der Waals surface area (Å²) in [4.78, 5) is 11.7. The lowest BCUT2D eigenvalue weighted by Gasteiger charge is -2.22. The second kappa shape index (κ2) is 12.4. The molecule has 0 aromatic carbocycles. The van der Waals surface area contributed by atoms with Gasteiger partial charge in [-0.05, 0) is 19.3 Å². The molecular formula is C14H29ClN2O3. The van der Waals surface area contributed by atoms with Crippen LogP contribution in [0.3, 0.4) is 0 Å². The molecule has 1 aliphatic rings. The van der Waals surface area contributed by atoms with Crippen LogP contribution in [0.1, 0.15) is 45.4 Å². The predicted octanol–water partition coefficient (Wildman–Crippen LogP) is 1.63. The van der Waals surface area contributed by atoms with Crippen LogP contribution in [0.2, 0.25) is 0 Å². The lowest BCUT2D eigenvalue weighted by Crippen LogP contribution is -2.40. The highest BCUT2D eigenvalue weighted by Crippen LogP contribution is 2.10. The van der Waals surface area contributed by atoms with Crippen LogP contribution in [0.4, 0.5) is 0 Å². The minimum atomic E-state index is 0. The quantitative estimate of drug-likeness (QED) is 0.679. The van der Waals surface area contributed by atoms with E-state index in [-0.39, 0.29) is 30.5 Å². The molecule has 1 saturated heterocycles. The Hall–Kier alpha value is -0.360. The first-order chi connectivity index (χ1) is 9.26. The molecule has 0 aliphatic carbocycles. The third-order valence-corrected chi connectivity index (χ3v) is 3.41. The lowest BCUT2D eigenvalue weighted by molar-refractivity contribution is -0.123. The number of ether oxygens (including phenoxy) is 2. The zero-order chi connectivity index (χ0) is 13.9. The second-order valence-corrected chi connectivity index (χ2v) is 5.07. The van der Waals surface area contributed by atoms with Crippen molar-refractivity contribution in [2.24, 2.45) is 5.73 Å². The first-order valence-electron chi connectivity index (χ1n) is 7.45. The summed E-state index contributed by atoms with van der Waals surface area (Å²) < 4.78 is 10.9. The average molecular weight is 309 g/mol. The van der Waals surface area contributed by atoms with Crippen LogP contribution in [-0.4, -0.2) is 44.4 Å². The van der Waals surface area contributed by atoms with Crippen LogP contribution in [-0.2, 0) is 14.3 Å². The number of hydrogen-bond donors (Lipinski definition) is 2. The van der Waals surface area contributed by atoms with Gasteiger partial charge in [-0.2, -0.15) is 0 Å². The Kier molecular flexibility index (Phi) is 12.2. The molecule has 120 valence electrons. The minimum absolute atomic E-state index is 0. The molecule has 0 spiro atoms. The van der Waals surface area contributed by atoms with E-state index in [4.69, 9.17) is 15.2 Å². The van der Waals surface area contributed by atoms with Crippen LogP contribution in [0.5, 0.6) is 0 Å². The molecule has 1 amide bonds. The molecule has 5 nitrogen and oxygen atoms in total. The van der Waals surface area contributed by atoms with Crippen molar-refractivity contribution in [3.63, 3.8) is 0 Å². The van der Waals surface area contributed by atoms with Gasteiger partial charge in [-0.3, -0.25) is 4.79 Å². The predicted molar refractivity (Wildman–Crippen MR) is 82.2 cm³/mol. The topological polar surface area (TPSA) is 73.6 Å². The van der Waals surface area contributed by atoms with E-state index in [0.717, 1.165) is 45.3 Å². The van der Waals surface area contributed by atoms with Gasteiger partial charge in [-0.15, -0.1) is 12.4 Å². The number of rotatable bonds is 9. The Bertz CT molecular complexity index is 249. The Balaban J connectivity index is 0.00000361. The molecule has 20 heavy (non-hydrogen) atoms. The summed E-state index contributed by atoms with van der Waals surface area (Å²) in [6.07, 6.45) is 5.72. The molecule has 0 radical (unpaired) electrons. The maximum Gasteiger partial charge on any atom is 0.222 e. The van der Waals surface area contributed by atoms with E-state index < -0.39 is 0 Å². The van der Waals surface area contributed by atoms with Crippen LogP contribution >= 0.6 is 12.4 Å². The van der Waals surface area contributed by atoms with Gasteiger partial charge in [0.1, 0.15) is 0 Å². The minimum Gasteiger partial charge on any atom is -0.381 e. The highest BCUT2D eigenvalue weighted by molar-refractivity contribution is 5.85. The molecule has 3 N–H and O–H groups in total. The van der Waals surface area contributed by atoms with E-state index in [1.165, 1.54) is 0 Å². The van der Waals surface area contributed by atoms with Gasteiger partial charge in [-0.1, -0.05) is 19.8 Å². The van der Waals surface area contributed by atoms with Gasteiger partial charge in [0.25, 0.3) is 0 Å². The summed E-state index contributed by atoms with van der Waals surface area (Å²) in [6, 6.07) is 0.107. The fourth-order valence-corrected chi connectivity index (χ4v) is 2.16. The standard InChI is InChI=1S/C14H28N2O3.ClH/c1-2-3-4-12(11-15)16-14(17)7-10-19-13-5-8-18-9-6-13;/h12-13H,2-11,15H2,1H3,(H,16,17);1H. The largest absolute Gasteiger partial charge is 0.381 e. The molecule has 1 heterocycles. The summed E-state index contributed by atoms with van der Waals surface area (Å²) in [6.45, 7) is 4.66. The number of carbonyl (C=O) groups excluding carboxylic acids is 1. The number of nitrogens with two attached hydrogens (primary N) is 1. The molecule has 1 fully saturated rings. The second-order valence-electron chi connectivity index (χ2n) is 5.07. The third-order valence-electron chi connectivity index (χ3n) is 3.41. The summed E-state index contributed by atoms with van der Waals surface area (Å²) >= 11 is 0. The number of unbranched alkanes of at least 4 members (excludes halogenated alkanes) is 1. The van der Waals surface area contributed by atoms with Crippen LogP contribution in [0.15, 0.2) is 0 Å². The van der Waals surface area contributed by atoms with Crippen molar-refractivity contribution in [3.8, 4) is 0 Å². The molecule has 0 bridgehead atoms. The fourth-order valence-electron chi connectivity index (χ4n) is 2.16. The first kappa shape index (κ1) is 19.6. The number of nitrogens with one attached hydrogen (secondary N) is 1. The van der Waals surface area contributed by atoms with E-state index in [1.54, 1.807) is 0 Å². The number of hydrogen-bond acceptors (Lipinski definition) is 4. The lowest BCUT2D eigenvalue weighted by atomic mass is 10.1. The van der Waals surface area contributed by atoms with E-state index in [1.807, 2.05) is 0 Å². The van der Waals surface area contributed by atoms with Crippen molar-refractivity contribution in [3.05, 3.63) is 0 Å². The van der Waals surface area contributed by atoms with E-state index in [2.05, 4.69) is 12.2 Å². The van der Waals surface area contributed by atoms with Gasteiger partial charge in [-0.25, -0.2) is 0 Å². The molecule has 1 unspecified atom stereocenters. The number of halogens is 1. The number of carbonyl (C=O) groups is 1. The van der Waals surface area contributed by atoms with Crippen LogP contribution in [0.25, 0.3) is 0 Å². The van der Waals surface area contributed by atoms with Crippen molar-refractivity contribution >= 4 is 18.3 Å². The molecule has 1 atom stereocenters. The molecule has 0 aromatic rings. The third kappa shape index (κ3) is 8.74. The number of amides is 1. The molecule has 0 saturated carbocycles. The monoisotopic (exact) mass is 308 g/mol. The molecule has 0 aromatic heterocycles. The van der Waals surface area contributed by atoms with Crippen molar-refractivity contribution < 1.29 is 14.3 Å². The van der Waals surface area contributed by atoms with Gasteiger partial charge in [0.15, 0.2) is 0 Å². The molecule has 1 aliphatic heterocycles. The van der Waals surface area contributed by atoms with Crippen LogP contribution < -0.4 is 11.1 Å². The summed E-state index contributed by atoms with van der Waals surface area (Å²) in [5.74, 6) is 0.0404. The van der Waals surface area contributed by atoms with Gasteiger partial charge < -0.3 is 20.5 Å². The van der Waals surface area contributed by atoms with Crippen molar-refractivity contribution in [2.45, 2.75) is 57.6 Å². The SMILES string of the molecule is CCCCC(CN)NC(=O)CCOC1CCOCC1.Cl. The van der Waals surface area contributed by atoms with Crippen LogP contribution in [0, 0.1) is 0 Å². The van der Waals surface area contributed by atoms with Crippen molar-refractivity contribution in [1.82, 2.24) is 5.32 Å². The summed E-state index contributed by atoms with van der Waals surface area (Å²) in [5.41, 5.74) is 5.65. The average Bonchev–Trinajstić information content (AvgIpc) is 2.44. The van der Waals surface area contributed by atoms with Gasteiger partial charge in [0, 0.05) is 32.2 Å². The Morgan fingerprint density at radius 2 is 2.15 bits per heavy atom. The van der Waals surface area contributed by atoms with Gasteiger partial charge >= 0.3 is 0 Å². The summed E-state index contributed by atoms with van der Waals surface area (Å²) in [5, 5.41) is 2.97. The zero-order valence-corrected chi connectivity index (χ0v) is 13.3. The van der Waals surface area contributed by atoms with E-state index in [9.17, 15) is 4.79 Å². The Morgan fingerprint density at radius 3 is 2.75 bits per heavy atom. The van der Waals surface area contributed by atoms with E-state index >= 15 is 0 Å². The highest BCUT2D eigenvalue weighted by Gasteiger charge is 2.15. The van der Waals surface area contributed by atoms with Gasteiger partial charge in [0.05, 0.1) is 12.7 Å². The highest BCUT2D eigenvalue weighted by atomic mass is 35.5. The van der Waals surface area contributed by atoms with E-state index in [0.29, 0.717) is 19.6 Å². The normalized spacial score (nSPS) is 17.3. The maximum atomic E-state index is 11.7. The van der Waals surface area contributed by atoms with Crippen molar-refractivity contribution in [2.75, 3.05) is 26.4 Å². The smallest absolute Gasteiger partial charge is 0.222 e. The molecule has 6 heteroatoms. The molecular weight excluding hydrogens is 280 g/mol. The Labute approximate surface area is 128 Å². The maximum absolute atomic E-state index is 11.7. The zero-order valence-electron chi connectivity index (χ0n) is 12.4. The fraction of sp³-hybridized carbons (Fsp3) is 0.929. The first-order valence-corrected chi connectivity index (χ1v) is 7.45. The van der Waals surface area contributed by atoms with Crippen molar-refractivity contribution in [1.29, 1.82) is 0 Å². The van der Waals surface area contributed by atoms with Gasteiger partial charge in [0.2, 0.25) is 5.91 Å².